The van der Waals surface area contributed by atoms with Gasteiger partial charge < -0.3 is 19.5 Å². The summed E-state index contributed by atoms with van der Waals surface area (Å²) < 4.78 is 24.5. The van der Waals surface area contributed by atoms with E-state index in [-0.39, 0.29) is 23.9 Å². The standard InChI is InChI=1S/C22H28NO4P/c1-26-28(25,27-2)22(24)18-14-9-15-19(22)21(17-12-7-4-8-13-17)23-20(18)16-10-5-3-6-11-16/h3-8,10-13,18-21,23-24H,9,14-15H2,1-2H3/t18-,19+,20+,21-,22?. The SMILES string of the molecule is COP(=O)(OC)C1(O)[C@@H]2CCC[C@H]1[C@@H](c1ccccc1)N[C@H]2c1ccccc1. The molecule has 0 spiro atoms. The van der Waals surface area contributed by atoms with Crippen molar-refractivity contribution in [3.05, 3.63) is 71.8 Å². The fraction of sp³-hybridized carbons (Fsp3) is 0.455. The van der Waals surface area contributed by atoms with Gasteiger partial charge in [-0.05, 0) is 24.0 Å². The van der Waals surface area contributed by atoms with Crippen molar-refractivity contribution >= 4 is 7.60 Å². The third kappa shape index (κ3) is 2.97. The van der Waals surface area contributed by atoms with Gasteiger partial charge in [0.25, 0.3) is 0 Å². The van der Waals surface area contributed by atoms with E-state index in [1.54, 1.807) is 0 Å². The molecule has 2 aromatic rings. The van der Waals surface area contributed by atoms with Crippen molar-refractivity contribution in [2.45, 2.75) is 36.7 Å². The maximum Gasteiger partial charge on any atom is 0.362 e. The highest BCUT2D eigenvalue weighted by Gasteiger charge is 2.66. The van der Waals surface area contributed by atoms with Crippen LogP contribution in [0, 0.1) is 11.8 Å². The summed E-state index contributed by atoms with van der Waals surface area (Å²) in [5, 5.41) is 14.3. The van der Waals surface area contributed by atoms with Gasteiger partial charge in [-0.15, -0.1) is 0 Å². The zero-order valence-corrected chi connectivity index (χ0v) is 17.2. The Hall–Kier alpha value is -1.49. The zero-order chi connectivity index (χ0) is 19.8. The highest BCUT2D eigenvalue weighted by Crippen LogP contribution is 2.71. The first kappa shape index (κ1) is 19.8. The average Bonchev–Trinajstić information content (AvgIpc) is 2.74. The fourth-order valence-corrected chi connectivity index (χ4v) is 7.36. The van der Waals surface area contributed by atoms with Gasteiger partial charge in [0, 0.05) is 38.1 Å². The lowest BCUT2D eigenvalue weighted by Gasteiger charge is -2.57. The molecule has 28 heavy (non-hydrogen) atoms. The Labute approximate surface area is 166 Å². The summed E-state index contributed by atoms with van der Waals surface area (Å²) in [4.78, 5) is 0. The Morgan fingerprint density at radius 1 is 0.893 bits per heavy atom. The van der Waals surface area contributed by atoms with Crippen molar-refractivity contribution in [1.29, 1.82) is 0 Å². The summed E-state index contributed by atoms with van der Waals surface area (Å²) in [5.74, 6) is -0.529. The van der Waals surface area contributed by atoms with Crippen LogP contribution in [0.1, 0.15) is 42.5 Å². The molecule has 150 valence electrons. The summed E-state index contributed by atoms with van der Waals surface area (Å²) in [5.41, 5.74) is 2.15. The van der Waals surface area contributed by atoms with Crippen LogP contribution in [0.15, 0.2) is 60.7 Å². The van der Waals surface area contributed by atoms with Gasteiger partial charge in [-0.25, -0.2) is 0 Å². The molecule has 2 bridgehead atoms. The summed E-state index contributed by atoms with van der Waals surface area (Å²) in [6.07, 6.45) is 2.50. The number of nitrogens with one attached hydrogen (secondary N) is 1. The predicted octanol–water partition coefficient (Wildman–Crippen LogP) is 4.66. The number of fused-ring (bicyclic) bond motifs is 2. The Kier molecular flexibility index (Phi) is 5.47. The molecule has 6 heteroatoms. The van der Waals surface area contributed by atoms with Crippen LogP contribution in [0.2, 0.25) is 0 Å². The van der Waals surface area contributed by atoms with Crippen molar-refractivity contribution in [2.24, 2.45) is 11.8 Å². The first-order valence-electron chi connectivity index (χ1n) is 9.85. The van der Waals surface area contributed by atoms with Gasteiger partial charge in [0.05, 0.1) is 0 Å². The van der Waals surface area contributed by atoms with Crippen molar-refractivity contribution in [2.75, 3.05) is 14.2 Å². The Morgan fingerprint density at radius 2 is 1.32 bits per heavy atom. The summed E-state index contributed by atoms with van der Waals surface area (Å²) in [6.45, 7) is 0. The number of aliphatic hydroxyl groups is 1. The molecule has 2 fully saturated rings. The summed E-state index contributed by atoms with van der Waals surface area (Å²) >= 11 is 0. The van der Waals surface area contributed by atoms with Crippen LogP contribution in [0.4, 0.5) is 0 Å². The molecule has 1 heterocycles. The second-order valence-corrected chi connectivity index (χ2v) is 10.2. The van der Waals surface area contributed by atoms with Gasteiger partial charge in [0.2, 0.25) is 0 Å². The lowest BCUT2D eigenvalue weighted by atomic mass is 9.65. The largest absolute Gasteiger partial charge is 0.377 e. The molecule has 1 saturated heterocycles. The minimum absolute atomic E-state index is 0.147. The second kappa shape index (κ2) is 7.74. The van der Waals surface area contributed by atoms with E-state index < -0.39 is 12.9 Å². The molecular formula is C22H28NO4P. The van der Waals surface area contributed by atoms with Gasteiger partial charge >= 0.3 is 7.60 Å². The molecule has 1 saturated carbocycles. The van der Waals surface area contributed by atoms with Crippen molar-refractivity contribution in [3.63, 3.8) is 0 Å². The van der Waals surface area contributed by atoms with Crippen LogP contribution >= 0.6 is 7.60 Å². The van der Waals surface area contributed by atoms with E-state index in [9.17, 15) is 9.67 Å². The minimum Gasteiger partial charge on any atom is -0.377 e. The van der Waals surface area contributed by atoms with E-state index in [2.05, 4.69) is 29.6 Å². The molecule has 4 rings (SSSR count). The van der Waals surface area contributed by atoms with E-state index in [1.165, 1.54) is 14.2 Å². The molecule has 0 aromatic heterocycles. The topological polar surface area (TPSA) is 67.8 Å². The van der Waals surface area contributed by atoms with Gasteiger partial charge in [0.1, 0.15) is 0 Å². The second-order valence-electron chi connectivity index (χ2n) is 7.73. The van der Waals surface area contributed by atoms with E-state index in [0.717, 1.165) is 30.4 Å². The molecular weight excluding hydrogens is 373 g/mol. The molecule has 1 aliphatic carbocycles. The monoisotopic (exact) mass is 401 g/mol. The quantitative estimate of drug-likeness (QED) is 0.713. The molecule has 2 aliphatic rings. The zero-order valence-electron chi connectivity index (χ0n) is 16.3. The Balaban J connectivity index is 1.88. The first-order valence-corrected chi connectivity index (χ1v) is 11.4. The minimum atomic E-state index is -3.75. The molecule has 0 amide bonds. The number of benzene rings is 2. The van der Waals surface area contributed by atoms with E-state index in [4.69, 9.17) is 9.05 Å². The van der Waals surface area contributed by atoms with E-state index in [1.807, 2.05) is 36.4 Å². The van der Waals surface area contributed by atoms with Crippen LogP contribution < -0.4 is 5.32 Å². The Morgan fingerprint density at radius 3 is 1.71 bits per heavy atom. The van der Waals surface area contributed by atoms with Crippen LogP contribution in [-0.2, 0) is 13.6 Å². The number of piperidine rings is 1. The van der Waals surface area contributed by atoms with E-state index in [0.29, 0.717) is 0 Å². The predicted molar refractivity (Wildman–Crippen MR) is 109 cm³/mol. The van der Waals surface area contributed by atoms with Gasteiger partial charge in [0.15, 0.2) is 5.34 Å². The molecule has 5 nitrogen and oxygen atoms in total. The van der Waals surface area contributed by atoms with Crippen molar-refractivity contribution < 1.29 is 18.7 Å². The Bertz CT molecular complexity index is 783. The molecule has 5 atom stereocenters. The third-order valence-corrected chi connectivity index (χ3v) is 9.02. The smallest absolute Gasteiger partial charge is 0.362 e. The van der Waals surface area contributed by atoms with Gasteiger partial charge in [-0.1, -0.05) is 67.1 Å². The molecule has 2 N–H and O–H groups in total. The number of hydrogen-bond donors (Lipinski definition) is 2. The highest BCUT2D eigenvalue weighted by atomic mass is 31.2. The molecule has 1 unspecified atom stereocenters. The average molecular weight is 401 g/mol. The number of hydrogen-bond acceptors (Lipinski definition) is 5. The van der Waals surface area contributed by atoms with Crippen LogP contribution in [0.5, 0.6) is 0 Å². The normalized spacial score (nSPS) is 32.8. The lowest BCUT2D eigenvalue weighted by molar-refractivity contribution is -0.103. The van der Waals surface area contributed by atoms with Crippen LogP contribution in [0.25, 0.3) is 0 Å². The van der Waals surface area contributed by atoms with E-state index >= 15 is 0 Å². The maximum atomic E-state index is 13.7. The van der Waals surface area contributed by atoms with Crippen LogP contribution in [0.3, 0.4) is 0 Å². The molecule has 2 aromatic carbocycles. The van der Waals surface area contributed by atoms with Gasteiger partial charge in [-0.2, -0.15) is 0 Å². The maximum absolute atomic E-state index is 13.7. The fourth-order valence-electron chi connectivity index (χ4n) is 5.26. The number of rotatable bonds is 5. The third-order valence-electron chi connectivity index (χ3n) is 6.52. The lowest BCUT2D eigenvalue weighted by Crippen LogP contribution is -2.61. The molecule has 0 radical (unpaired) electrons. The molecule has 1 aliphatic heterocycles. The van der Waals surface area contributed by atoms with Crippen LogP contribution in [-0.4, -0.2) is 24.7 Å². The first-order chi connectivity index (χ1) is 13.5. The van der Waals surface area contributed by atoms with Crippen molar-refractivity contribution in [3.8, 4) is 0 Å². The van der Waals surface area contributed by atoms with Gasteiger partial charge in [-0.3, -0.25) is 4.57 Å². The summed E-state index contributed by atoms with van der Waals surface area (Å²) in [7, 11) is -1.01. The highest BCUT2D eigenvalue weighted by molar-refractivity contribution is 7.55. The van der Waals surface area contributed by atoms with Crippen molar-refractivity contribution in [1.82, 2.24) is 5.32 Å². The summed E-state index contributed by atoms with van der Waals surface area (Å²) in [6, 6.07) is 19.9.